The van der Waals surface area contributed by atoms with E-state index in [9.17, 15) is 14.7 Å². The molecule has 1 aromatic rings. The molecular weight excluding hydrogens is 294 g/mol. The standard InChI is InChI=1S/C18H27NO4/c1-11(2)8-16(20)17(21)19-15(18(22)23-5)10-14-7-6-12(3)13(4)9-14/h6-7,9,11,15-16,20H,8,10H2,1-5H3,(H,19,21)/t15-,16-/m0/s1. The number of rotatable bonds is 7. The molecule has 1 rings (SSSR count). The first kappa shape index (κ1) is 19.2. The maximum Gasteiger partial charge on any atom is 0.328 e. The number of ether oxygens (including phenoxy) is 1. The van der Waals surface area contributed by atoms with Crippen molar-refractivity contribution in [3.8, 4) is 0 Å². The number of benzene rings is 1. The second-order valence-corrected chi connectivity index (χ2v) is 6.35. The van der Waals surface area contributed by atoms with E-state index < -0.39 is 24.0 Å². The molecule has 0 saturated heterocycles. The molecule has 0 saturated carbocycles. The third-order valence-corrected chi connectivity index (χ3v) is 3.81. The van der Waals surface area contributed by atoms with Gasteiger partial charge in [-0.3, -0.25) is 4.79 Å². The number of carbonyl (C=O) groups excluding carboxylic acids is 2. The van der Waals surface area contributed by atoms with Gasteiger partial charge >= 0.3 is 5.97 Å². The lowest BCUT2D eigenvalue weighted by atomic mass is 10.00. The van der Waals surface area contributed by atoms with E-state index in [1.807, 2.05) is 45.9 Å². The van der Waals surface area contributed by atoms with Gasteiger partial charge in [0.05, 0.1) is 7.11 Å². The molecule has 0 spiro atoms. The molecule has 0 unspecified atom stereocenters. The van der Waals surface area contributed by atoms with E-state index in [2.05, 4.69) is 5.32 Å². The summed E-state index contributed by atoms with van der Waals surface area (Å²) < 4.78 is 4.76. The van der Waals surface area contributed by atoms with Crippen LogP contribution in [0.4, 0.5) is 0 Å². The molecule has 1 aromatic carbocycles. The van der Waals surface area contributed by atoms with Crippen molar-refractivity contribution in [2.75, 3.05) is 7.11 Å². The van der Waals surface area contributed by atoms with Crippen LogP contribution in [-0.2, 0) is 20.7 Å². The summed E-state index contributed by atoms with van der Waals surface area (Å²) in [5.41, 5.74) is 3.22. The minimum absolute atomic E-state index is 0.187. The highest BCUT2D eigenvalue weighted by molar-refractivity contribution is 5.87. The first-order valence-electron chi connectivity index (χ1n) is 7.87. The van der Waals surface area contributed by atoms with Crippen molar-refractivity contribution in [3.63, 3.8) is 0 Å². The van der Waals surface area contributed by atoms with Gasteiger partial charge < -0.3 is 15.2 Å². The van der Waals surface area contributed by atoms with Crippen LogP contribution in [0.2, 0.25) is 0 Å². The molecule has 5 nitrogen and oxygen atoms in total. The Morgan fingerprint density at radius 3 is 2.39 bits per heavy atom. The molecule has 0 aromatic heterocycles. The molecule has 23 heavy (non-hydrogen) atoms. The number of esters is 1. The second kappa shape index (κ2) is 8.67. The number of methoxy groups -OCH3 is 1. The summed E-state index contributed by atoms with van der Waals surface area (Å²) >= 11 is 0. The number of amides is 1. The smallest absolute Gasteiger partial charge is 0.328 e. The minimum Gasteiger partial charge on any atom is -0.467 e. The SMILES string of the molecule is COC(=O)[C@H](Cc1ccc(C)c(C)c1)NC(=O)[C@@H](O)CC(C)C. The van der Waals surface area contributed by atoms with Crippen LogP contribution in [0, 0.1) is 19.8 Å². The van der Waals surface area contributed by atoms with Crippen molar-refractivity contribution in [2.24, 2.45) is 5.92 Å². The number of hydrogen-bond donors (Lipinski definition) is 2. The monoisotopic (exact) mass is 321 g/mol. The number of hydrogen-bond acceptors (Lipinski definition) is 4. The zero-order chi connectivity index (χ0) is 17.6. The van der Waals surface area contributed by atoms with Gasteiger partial charge in [-0.05, 0) is 42.9 Å². The first-order chi connectivity index (χ1) is 10.7. The van der Waals surface area contributed by atoms with Crippen LogP contribution in [0.25, 0.3) is 0 Å². The van der Waals surface area contributed by atoms with Gasteiger partial charge in [0.25, 0.3) is 0 Å². The van der Waals surface area contributed by atoms with Crippen LogP contribution in [0.5, 0.6) is 0 Å². The third-order valence-electron chi connectivity index (χ3n) is 3.81. The molecule has 128 valence electrons. The van der Waals surface area contributed by atoms with Gasteiger partial charge in [-0.25, -0.2) is 4.79 Å². The van der Waals surface area contributed by atoms with Crippen LogP contribution in [0.15, 0.2) is 18.2 Å². The number of aryl methyl sites for hydroxylation is 2. The van der Waals surface area contributed by atoms with Crippen LogP contribution in [-0.4, -0.2) is 36.2 Å². The fraction of sp³-hybridized carbons (Fsp3) is 0.556. The Morgan fingerprint density at radius 2 is 1.87 bits per heavy atom. The Kier molecular flexibility index (Phi) is 7.23. The Labute approximate surface area is 138 Å². The summed E-state index contributed by atoms with van der Waals surface area (Å²) in [6, 6.07) is 5.09. The van der Waals surface area contributed by atoms with Crippen molar-refractivity contribution < 1.29 is 19.4 Å². The van der Waals surface area contributed by atoms with Gasteiger partial charge in [0.15, 0.2) is 0 Å². The van der Waals surface area contributed by atoms with Gasteiger partial charge in [0, 0.05) is 6.42 Å². The molecule has 0 bridgehead atoms. The summed E-state index contributed by atoms with van der Waals surface area (Å²) in [6.07, 6.45) is -0.445. The van der Waals surface area contributed by atoms with Gasteiger partial charge in [0.1, 0.15) is 12.1 Å². The molecular formula is C18H27NO4. The summed E-state index contributed by atoms with van der Waals surface area (Å²) in [7, 11) is 1.28. The topological polar surface area (TPSA) is 75.6 Å². The Hall–Kier alpha value is -1.88. The highest BCUT2D eigenvalue weighted by atomic mass is 16.5. The largest absolute Gasteiger partial charge is 0.467 e. The maximum absolute atomic E-state index is 12.1. The van der Waals surface area contributed by atoms with E-state index in [1.165, 1.54) is 12.7 Å². The number of aliphatic hydroxyl groups is 1. The van der Waals surface area contributed by atoms with Gasteiger partial charge in [-0.2, -0.15) is 0 Å². The quantitative estimate of drug-likeness (QED) is 0.752. The van der Waals surface area contributed by atoms with E-state index in [0.29, 0.717) is 12.8 Å². The van der Waals surface area contributed by atoms with E-state index in [1.54, 1.807) is 0 Å². The van der Waals surface area contributed by atoms with Crippen LogP contribution in [0.1, 0.15) is 37.0 Å². The molecule has 0 aliphatic rings. The van der Waals surface area contributed by atoms with Crippen molar-refractivity contribution in [3.05, 3.63) is 34.9 Å². The van der Waals surface area contributed by atoms with Crippen molar-refractivity contribution >= 4 is 11.9 Å². The van der Waals surface area contributed by atoms with E-state index >= 15 is 0 Å². The summed E-state index contributed by atoms with van der Waals surface area (Å²) in [6.45, 7) is 7.85. The average Bonchev–Trinajstić information content (AvgIpc) is 2.48. The Morgan fingerprint density at radius 1 is 1.22 bits per heavy atom. The van der Waals surface area contributed by atoms with Crippen molar-refractivity contribution in [1.29, 1.82) is 0 Å². The number of aliphatic hydroxyl groups excluding tert-OH is 1. The minimum atomic E-state index is -1.12. The number of nitrogens with one attached hydrogen (secondary N) is 1. The average molecular weight is 321 g/mol. The van der Waals surface area contributed by atoms with Crippen molar-refractivity contribution in [1.82, 2.24) is 5.32 Å². The fourth-order valence-corrected chi connectivity index (χ4v) is 2.32. The molecule has 2 N–H and O–H groups in total. The number of carbonyl (C=O) groups is 2. The van der Waals surface area contributed by atoms with Gasteiger partial charge in [0.2, 0.25) is 5.91 Å². The van der Waals surface area contributed by atoms with E-state index in [0.717, 1.165) is 11.1 Å². The molecule has 5 heteroatoms. The van der Waals surface area contributed by atoms with Crippen molar-refractivity contribution in [2.45, 2.75) is 52.7 Å². The maximum atomic E-state index is 12.1. The molecule has 0 fully saturated rings. The molecule has 0 radical (unpaired) electrons. The van der Waals surface area contributed by atoms with Gasteiger partial charge in [-0.1, -0.05) is 32.0 Å². The predicted octanol–water partition coefficient (Wildman–Crippen LogP) is 1.91. The lowest BCUT2D eigenvalue weighted by Gasteiger charge is -2.20. The summed E-state index contributed by atoms with van der Waals surface area (Å²) in [5, 5.41) is 12.5. The first-order valence-corrected chi connectivity index (χ1v) is 7.87. The second-order valence-electron chi connectivity index (χ2n) is 6.35. The summed E-state index contributed by atoms with van der Waals surface area (Å²) in [4.78, 5) is 24.0. The van der Waals surface area contributed by atoms with Crippen LogP contribution >= 0.6 is 0 Å². The third kappa shape index (κ3) is 6.02. The molecule has 0 heterocycles. The van der Waals surface area contributed by atoms with Gasteiger partial charge in [-0.15, -0.1) is 0 Å². The lowest BCUT2D eigenvalue weighted by Crippen LogP contribution is -2.47. The highest BCUT2D eigenvalue weighted by Gasteiger charge is 2.25. The summed E-state index contributed by atoms with van der Waals surface area (Å²) in [5.74, 6) is -0.877. The van der Waals surface area contributed by atoms with Crippen LogP contribution in [0.3, 0.4) is 0 Å². The predicted molar refractivity (Wildman–Crippen MR) is 89.0 cm³/mol. The highest BCUT2D eigenvalue weighted by Crippen LogP contribution is 2.13. The Balaban J connectivity index is 2.82. The Bertz CT molecular complexity index is 554. The molecule has 1 amide bonds. The zero-order valence-electron chi connectivity index (χ0n) is 14.6. The lowest BCUT2D eigenvalue weighted by molar-refractivity contribution is -0.146. The normalized spacial score (nSPS) is 13.5. The van der Waals surface area contributed by atoms with E-state index in [4.69, 9.17) is 4.74 Å². The van der Waals surface area contributed by atoms with Crippen LogP contribution < -0.4 is 5.32 Å². The molecule has 0 aliphatic carbocycles. The fourth-order valence-electron chi connectivity index (χ4n) is 2.32. The molecule has 0 aliphatic heterocycles. The van der Waals surface area contributed by atoms with E-state index in [-0.39, 0.29) is 5.92 Å². The zero-order valence-corrected chi connectivity index (χ0v) is 14.6. The molecule has 2 atom stereocenters.